The van der Waals surface area contributed by atoms with Gasteiger partial charge < -0.3 is 5.11 Å². The predicted molar refractivity (Wildman–Crippen MR) is 47.8 cm³/mol. The summed E-state index contributed by atoms with van der Waals surface area (Å²) in [5.41, 5.74) is 0.469. The minimum absolute atomic E-state index is 0.00199. The van der Waals surface area contributed by atoms with Gasteiger partial charge in [0.05, 0.1) is 0 Å². The third kappa shape index (κ3) is 3.67. The van der Waals surface area contributed by atoms with Gasteiger partial charge in [-0.15, -0.1) is 0 Å². The summed E-state index contributed by atoms with van der Waals surface area (Å²) in [4.78, 5) is 6.36. The van der Waals surface area contributed by atoms with Crippen LogP contribution in [0.2, 0.25) is 0 Å². The molecule has 1 rings (SSSR count). The van der Waals surface area contributed by atoms with E-state index in [1.165, 1.54) is 0 Å². The van der Waals surface area contributed by atoms with E-state index in [4.69, 9.17) is 5.11 Å². The highest BCUT2D eigenvalue weighted by Crippen LogP contribution is 2.25. The SMILES string of the molecule is OCCC=Cc1cnc(C(F)(F)F)nc1. The van der Waals surface area contributed by atoms with E-state index < -0.39 is 12.0 Å². The van der Waals surface area contributed by atoms with E-state index in [-0.39, 0.29) is 6.61 Å². The Balaban J connectivity index is 2.73. The first-order valence-corrected chi connectivity index (χ1v) is 4.20. The molecule has 0 unspecified atom stereocenters. The summed E-state index contributed by atoms with van der Waals surface area (Å²) < 4.78 is 36.2. The number of nitrogens with zero attached hydrogens (tertiary/aromatic N) is 2. The van der Waals surface area contributed by atoms with E-state index in [2.05, 4.69) is 9.97 Å². The molecule has 0 saturated carbocycles. The number of halogens is 3. The van der Waals surface area contributed by atoms with Gasteiger partial charge in [-0.3, -0.25) is 0 Å². The van der Waals surface area contributed by atoms with Gasteiger partial charge in [-0.25, -0.2) is 9.97 Å². The van der Waals surface area contributed by atoms with Gasteiger partial charge in [0.25, 0.3) is 0 Å². The molecular formula is C9H9F3N2O. The van der Waals surface area contributed by atoms with Gasteiger partial charge >= 0.3 is 6.18 Å². The first-order chi connectivity index (χ1) is 7.04. The van der Waals surface area contributed by atoms with Crippen LogP contribution in [0.25, 0.3) is 6.08 Å². The van der Waals surface area contributed by atoms with Crippen molar-refractivity contribution in [3.63, 3.8) is 0 Å². The van der Waals surface area contributed by atoms with Gasteiger partial charge in [-0.2, -0.15) is 13.2 Å². The topological polar surface area (TPSA) is 46.0 Å². The molecule has 1 heterocycles. The highest BCUT2D eigenvalue weighted by atomic mass is 19.4. The van der Waals surface area contributed by atoms with E-state index in [9.17, 15) is 13.2 Å². The van der Waals surface area contributed by atoms with Gasteiger partial charge in [-0.1, -0.05) is 12.2 Å². The summed E-state index contributed by atoms with van der Waals surface area (Å²) in [7, 11) is 0. The summed E-state index contributed by atoms with van der Waals surface area (Å²) in [5.74, 6) is -1.15. The Kier molecular flexibility index (Phi) is 3.79. The number of aliphatic hydroxyl groups excluding tert-OH is 1. The maximum absolute atomic E-state index is 12.1. The Hall–Kier alpha value is -1.43. The van der Waals surface area contributed by atoms with Crippen LogP contribution in [0.5, 0.6) is 0 Å². The van der Waals surface area contributed by atoms with Crippen molar-refractivity contribution in [2.75, 3.05) is 6.61 Å². The average molecular weight is 218 g/mol. The van der Waals surface area contributed by atoms with Crippen molar-refractivity contribution in [2.24, 2.45) is 0 Å². The molecule has 82 valence electrons. The van der Waals surface area contributed by atoms with Gasteiger partial charge in [0.2, 0.25) is 5.82 Å². The summed E-state index contributed by atoms with van der Waals surface area (Å²) in [6.07, 6.45) is 1.30. The van der Waals surface area contributed by atoms with Gasteiger partial charge in [-0.05, 0) is 6.42 Å². The van der Waals surface area contributed by atoms with Crippen molar-refractivity contribution in [1.29, 1.82) is 0 Å². The molecule has 0 fully saturated rings. The van der Waals surface area contributed by atoms with Gasteiger partial charge in [0.15, 0.2) is 0 Å². The van der Waals surface area contributed by atoms with Crippen LogP contribution >= 0.6 is 0 Å². The zero-order valence-corrected chi connectivity index (χ0v) is 7.70. The molecule has 15 heavy (non-hydrogen) atoms. The van der Waals surface area contributed by atoms with Crippen LogP contribution < -0.4 is 0 Å². The molecule has 0 aliphatic carbocycles. The summed E-state index contributed by atoms with van der Waals surface area (Å²) >= 11 is 0. The lowest BCUT2D eigenvalue weighted by Gasteiger charge is -2.03. The number of aliphatic hydroxyl groups is 1. The van der Waals surface area contributed by atoms with Gasteiger partial charge in [0.1, 0.15) is 0 Å². The molecule has 0 aromatic carbocycles. The second-order valence-electron chi connectivity index (χ2n) is 2.75. The lowest BCUT2D eigenvalue weighted by Crippen LogP contribution is -2.10. The highest BCUT2D eigenvalue weighted by molar-refractivity contribution is 5.46. The number of rotatable bonds is 3. The largest absolute Gasteiger partial charge is 0.451 e. The molecule has 0 atom stereocenters. The molecule has 0 aliphatic heterocycles. The fraction of sp³-hybridized carbons (Fsp3) is 0.333. The molecule has 6 heteroatoms. The van der Waals surface area contributed by atoms with Gasteiger partial charge in [0, 0.05) is 24.6 Å². The molecule has 0 bridgehead atoms. The van der Waals surface area contributed by atoms with Crippen molar-refractivity contribution >= 4 is 6.08 Å². The zero-order chi connectivity index (χ0) is 11.3. The van der Waals surface area contributed by atoms with E-state index in [1.807, 2.05) is 0 Å². The van der Waals surface area contributed by atoms with E-state index in [0.29, 0.717) is 12.0 Å². The van der Waals surface area contributed by atoms with Crippen molar-refractivity contribution in [3.05, 3.63) is 29.9 Å². The molecule has 1 aromatic heterocycles. The number of alkyl halides is 3. The van der Waals surface area contributed by atoms with Crippen molar-refractivity contribution in [3.8, 4) is 0 Å². The first kappa shape index (κ1) is 11.6. The number of aromatic nitrogens is 2. The zero-order valence-electron chi connectivity index (χ0n) is 7.70. The predicted octanol–water partition coefficient (Wildman–Crippen LogP) is 1.89. The summed E-state index contributed by atoms with van der Waals surface area (Å²) in [6, 6.07) is 0. The fourth-order valence-electron chi connectivity index (χ4n) is 0.864. The van der Waals surface area contributed by atoms with Crippen molar-refractivity contribution in [2.45, 2.75) is 12.6 Å². The second-order valence-corrected chi connectivity index (χ2v) is 2.75. The van der Waals surface area contributed by atoms with E-state index in [0.717, 1.165) is 12.4 Å². The van der Waals surface area contributed by atoms with Crippen LogP contribution in [0.15, 0.2) is 18.5 Å². The van der Waals surface area contributed by atoms with E-state index >= 15 is 0 Å². The molecular weight excluding hydrogens is 209 g/mol. The lowest BCUT2D eigenvalue weighted by molar-refractivity contribution is -0.145. The summed E-state index contributed by atoms with van der Waals surface area (Å²) in [5, 5.41) is 8.46. The normalized spacial score (nSPS) is 12.3. The quantitative estimate of drug-likeness (QED) is 0.842. The Morgan fingerprint density at radius 3 is 2.33 bits per heavy atom. The van der Waals surface area contributed by atoms with E-state index in [1.54, 1.807) is 12.2 Å². The van der Waals surface area contributed by atoms with Crippen LogP contribution in [0.3, 0.4) is 0 Å². The summed E-state index contributed by atoms with van der Waals surface area (Å²) in [6.45, 7) is -0.00199. The maximum Gasteiger partial charge on any atom is 0.451 e. The third-order valence-electron chi connectivity index (χ3n) is 1.53. The Labute approximate surface area is 84.3 Å². The average Bonchev–Trinajstić information content (AvgIpc) is 2.18. The number of hydrogen-bond acceptors (Lipinski definition) is 3. The lowest BCUT2D eigenvalue weighted by atomic mass is 10.3. The molecule has 0 aliphatic rings. The van der Waals surface area contributed by atoms with Crippen LogP contribution in [0.4, 0.5) is 13.2 Å². The minimum Gasteiger partial charge on any atom is -0.396 e. The monoisotopic (exact) mass is 218 g/mol. The maximum atomic E-state index is 12.1. The van der Waals surface area contributed by atoms with Crippen LogP contribution in [-0.4, -0.2) is 21.7 Å². The smallest absolute Gasteiger partial charge is 0.396 e. The Bertz CT molecular complexity index is 332. The van der Waals surface area contributed by atoms with Crippen LogP contribution in [0, 0.1) is 0 Å². The molecule has 0 saturated heterocycles. The Morgan fingerprint density at radius 2 is 1.87 bits per heavy atom. The molecule has 0 amide bonds. The molecule has 0 radical (unpaired) electrons. The molecule has 3 nitrogen and oxygen atoms in total. The molecule has 1 N–H and O–H groups in total. The minimum atomic E-state index is -4.51. The number of hydrogen-bond donors (Lipinski definition) is 1. The standard InChI is InChI=1S/C9H9F3N2O/c10-9(11,12)8-13-5-7(6-14-8)3-1-2-4-15/h1,3,5-6,15H,2,4H2. The van der Waals surface area contributed by atoms with Crippen LogP contribution in [0.1, 0.15) is 17.8 Å². The highest BCUT2D eigenvalue weighted by Gasteiger charge is 2.34. The third-order valence-corrected chi connectivity index (χ3v) is 1.53. The fourth-order valence-corrected chi connectivity index (χ4v) is 0.864. The molecule has 0 spiro atoms. The van der Waals surface area contributed by atoms with Crippen LogP contribution in [-0.2, 0) is 6.18 Å². The van der Waals surface area contributed by atoms with Crippen molar-refractivity contribution < 1.29 is 18.3 Å². The second kappa shape index (κ2) is 4.88. The molecule has 1 aromatic rings. The first-order valence-electron chi connectivity index (χ1n) is 4.20. The van der Waals surface area contributed by atoms with Crippen molar-refractivity contribution in [1.82, 2.24) is 9.97 Å². The Morgan fingerprint density at radius 1 is 1.27 bits per heavy atom.